The van der Waals surface area contributed by atoms with E-state index < -0.39 is 18.1 Å². The topological polar surface area (TPSA) is 65.1 Å². The first-order valence-electron chi connectivity index (χ1n) is 11.3. The molecule has 0 N–H and O–H groups in total. The highest BCUT2D eigenvalue weighted by Gasteiger charge is 2.31. The molecular weight excluding hydrogens is 430 g/mol. The summed E-state index contributed by atoms with van der Waals surface area (Å²) in [4.78, 5) is 29.3. The van der Waals surface area contributed by atoms with E-state index >= 15 is 0 Å². The molecular formula is C28H31NO5. The third-order valence-electron chi connectivity index (χ3n) is 5.41. The molecule has 34 heavy (non-hydrogen) atoms. The number of hydrogen-bond donors (Lipinski definition) is 0. The molecule has 3 atom stereocenters. The van der Waals surface area contributed by atoms with Crippen LogP contribution in [-0.2, 0) is 43.7 Å². The van der Waals surface area contributed by atoms with Crippen molar-refractivity contribution < 1.29 is 23.9 Å². The predicted molar refractivity (Wildman–Crippen MR) is 129 cm³/mol. The Balaban J connectivity index is 1.73. The molecule has 0 aliphatic carbocycles. The van der Waals surface area contributed by atoms with E-state index in [4.69, 9.17) is 14.3 Å². The molecule has 3 rings (SSSR count). The van der Waals surface area contributed by atoms with Crippen molar-refractivity contribution in [2.24, 2.45) is 5.92 Å². The van der Waals surface area contributed by atoms with Gasteiger partial charge in [0.15, 0.2) is 0 Å². The molecule has 0 aliphatic rings. The lowest BCUT2D eigenvalue weighted by molar-refractivity contribution is -0.200. The number of rotatable bonds is 15. The molecule has 3 aromatic carbocycles. The van der Waals surface area contributed by atoms with Crippen LogP contribution in [0.15, 0.2) is 91.0 Å². The average Bonchev–Trinajstić information content (AvgIpc) is 2.90. The molecule has 0 saturated heterocycles. The summed E-state index contributed by atoms with van der Waals surface area (Å²) in [7, 11) is 0. The number of carbonyl (C=O) groups excluding carboxylic acids is 2. The summed E-state index contributed by atoms with van der Waals surface area (Å²) in [5, 5.41) is 1.21. The molecule has 0 saturated carbocycles. The van der Waals surface area contributed by atoms with Crippen LogP contribution in [0.1, 0.15) is 23.6 Å². The molecule has 0 radical (unpaired) electrons. The second kappa shape index (κ2) is 14.1. The number of ether oxygens (including phenoxy) is 2. The summed E-state index contributed by atoms with van der Waals surface area (Å²) in [6.07, 6.45) is 0.306. The minimum absolute atomic E-state index is 0.112. The van der Waals surface area contributed by atoms with Crippen LogP contribution in [0, 0.1) is 5.92 Å². The lowest BCUT2D eigenvalue weighted by Gasteiger charge is -2.32. The van der Waals surface area contributed by atoms with Crippen molar-refractivity contribution in [2.75, 3.05) is 6.54 Å². The second-order valence-corrected chi connectivity index (χ2v) is 8.06. The molecule has 178 valence electrons. The highest BCUT2D eigenvalue weighted by Crippen LogP contribution is 2.19. The number of hydrogen-bond acceptors (Lipinski definition) is 5. The van der Waals surface area contributed by atoms with Crippen molar-refractivity contribution in [1.29, 1.82) is 0 Å². The Hall–Kier alpha value is -3.32. The van der Waals surface area contributed by atoms with Gasteiger partial charge >= 0.3 is 0 Å². The van der Waals surface area contributed by atoms with Gasteiger partial charge in [-0.15, -0.1) is 0 Å². The van der Waals surface area contributed by atoms with E-state index in [-0.39, 0.29) is 13.2 Å². The highest BCUT2D eigenvalue weighted by molar-refractivity contribution is 5.54. The van der Waals surface area contributed by atoms with Gasteiger partial charge in [0.25, 0.3) is 0 Å². The maximum atomic E-state index is 11.8. The van der Waals surface area contributed by atoms with Crippen LogP contribution in [0.5, 0.6) is 0 Å². The third kappa shape index (κ3) is 8.23. The Morgan fingerprint density at radius 3 is 1.65 bits per heavy atom. The zero-order valence-corrected chi connectivity index (χ0v) is 19.4. The van der Waals surface area contributed by atoms with Gasteiger partial charge in [0, 0.05) is 5.92 Å². The number of nitrogens with zero attached hydrogens (tertiary/aromatic N) is 1. The minimum Gasteiger partial charge on any atom is -0.370 e. The van der Waals surface area contributed by atoms with E-state index in [0.717, 1.165) is 23.0 Å². The highest BCUT2D eigenvalue weighted by atomic mass is 16.7. The van der Waals surface area contributed by atoms with Crippen LogP contribution in [-0.4, -0.2) is 36.5 Å². The van der Waals surface area contributed by atoms with Gasteiger partial charge in [0.1, 0.15) is 19.0 Å². The maximum Gasteiger partial charge on any atom is 0.233 e. The van der Waals surface area contributed by atoms with E-state index in [2.05, 4.69) is 0 Å². The van der Waals surface area contributed by atoms with Crippen LogP contribution in [0.2, 0.25) is 0 Å². The maximum absolute atomic E-state index is 11.8. The van der Waals surface area contributed by atoms with E-state index in [9.17, 15) is 9.59 Å². The molecule has 6 nitrogen and oxygen atoms in total. The van der Waals surface area contributed by atoms with Crippen molar-refractivity contribution in [1.82, 2.24) is 5.06 Å². The van der Waals surface area contributed by atoms with Gasteiger partial charge in [-0.25, -0.2) is 5.06 Å². The fourth-order valence-corrected chi connectivity index (χ4v) is 3.51. The first-order valence-corrected chi connectivity index (χ1v) is 11.3. The van der Waals surface area contributed by atoms with Gasteiger partial charge < -0.3 is 14.3 Å². The Labute approximate surface area is 201 Å². The second-order valence-electron chi connectivity index (χ2n) is 8.06. The Kier molecular flexibility index (Phi) is 10.5. The summed E-state index contributed by atoms with van der Waals surface area (Å²) in [5.74, 6) is -0.452. The Bertz CT molecular complexity index is 968. The summed E-state index contributed by atoms with van der Waals surface area (Å²) < 4.78 is 12.4. The standard InChI is InChI=1S/C28H31NO5/c1-23(18-30)28(33-20-25-13-7-3-8-14-25)27(32-19-24-11-5-2-6-12-24)17-29(22-31)34-21-26-15-9-4-10-16-26/h2-16,18,22-23,27-28H,17,19-21H2,1H3/t23-,27-,28-/m1/s1. The van der Waals surface area contributed by atoms with E-state index in [1.54, 1.807) is 6.92 Å². The molecule has 0 unspecified atom stereocenters. The zero-order valence-electron chi connectivity index (χ0n) is 19.4. The van der Waals surface area contributed by atoms with Gasteiger partial charge in [0.05, 0.1) is 25.9 Å². The number of benzene rings is 3. The number of hydroxylamine groups is 2. The lowest BCUT2D eigenvalue weighted by Crippen LogP contribution is -2.45. The van der Waals surface area contributed by atoms with Crippen molar-refractivity contribution in [2.45, 2.75) is 39.0 Å². The van der Waals surface area contributed by atoms with Crippen molar-refractivity contribution in [3.8, 4) is 0 Å². The molecule has 0 heterocycles. The largest absolute Gasteiger partial charge is 0.370 e. The quantitative estimate of drug-likeness (QED) is 0.245. The number of amides is 1. The van der Waals surface area contributed by atoms with Crippen LogP contribution >= 0.6 is 0 Å². The van der Waals surface area contributed by atoms with Gasteiger partial charge in [-0.05, 0) is 16.7 Å². The van der Waals surface area contributed by atoms with Gasteiger partial charge in [-0.3, -0.25) is 9.63 Å². The molecule has 0 bridgehead atoms. The van der Waals surface area contributed by atoms with Crippen molar-refractivity contribution in [3.63, 3.8) is 0 Å². The summed E-state index contributed by atoms with van der Waals surface area (Å²) in [6.45, 7) is 2.77. The molecule has 6 heteroatoms. The Morgan fingerprint density at radius 2 is 1.18 bits per heavy atom. The van der Waals surface area contributed by atoms with Gasteiger partial charge in [-0.1, -0.05) is 97.9 Å². The predicted octanol–water partition coefficient (Wildman–Crippen LogP) is 4.58. The van der Waals surface area contributed by atoms with E-state index in [1.807, 2.05) is 91.0 Å². The zero-order chi connectivity index (χ0) is 24.0. The Morgan fingerprint density at radius 1 is 0.706 bits per heavy atom. The fourth-order valence-electron chi connectivity index (χ4n) is 3.51. The number of aldehydes is 1. The molecule has 0 fully saturated rings. The van der Waals surface area contributed by atoms with Crippen LogP contribution in [0.3, 0.4) is 0 Å². The van der Waals surface area contributed by atoms with Crippen LogP contribution in [0.25, 0.3) is 0 Å². The van der Waals surface area contributed by atoms with Crippen LogP contribution in [0.4, 0.5) is 0 Å². The fraction of sp³-hybridized carbons (Fsp3) is 0.286. The summed E-state index contributed by atoms with van der Waals surface area (Å²) >= 11 is 0. The molecule has 1 amide bonds. The average molecular weight is 462 g/mol. The summed E-state index contributed by atoms with van der Waals surface area (Å²) in [5.41, 5.74) is 2.91. The van der Waals surface area contributed by atoms with Crippen LogP contribution < -0.4 is 0 Å². The van der Waals surface area contributed by atoms with E-state index in [1.165, 1.54) is 5.06 Å². The first kappa shape index (κ1) is 25.3. The van der Waals surface area contributed by atoms with Gasteiger partial charge in [-0.2, -0.15) is 0 Å². The van der Waals surface area contributed by atoms with Gasteiger partial charge in [0.2, 0.25) is 6.41 Å². The summed E-state index contributed by atoms with van der Waals surface area (Å²) in [6, 6.07) is 29.1. The minimum atomic E-state index is -0.593. The SMILES string of the molecule is C[C@H](C=O)[C@@H](OCc1ccccc1)[C@@H](CN(C=O)OCc1ccccc1)OCc1ccccc1. The smallest absolute Gasteiger partial charge is 0.233 e. The molecule has 0 spiro atoms. The monoisotopic (exact) mass is 461 g/mol. The molecule has 0 aromatic heterocycles. The normalized spacial score (nSPS) is 13.6. The molecule has 0 aliphatic heterocycles. The van der Waals surface area contributed by atoms with Crippen molar-refractivity contribution >= 4 is 12.7 Å². The number of carbonyl (C=O) groups is 2. The van der Waals surface area contributed by atoms with E-state index in [0.29, 0.717) is 19.6 Å². The first-order chi connectivity index (χ1) is 16.7. The molecule has 3 aromatic rings. The lowest BCUT2D eigenvalue weighted by atomic mass is 10.0. The van der Waals surface area contributed by atoms with Crippen molar-refractivity contribution in [3.05, 3.63) is 108 Å². The third-order valence-corrected chi connectivity index (χ3v) is 5.41.